The second-order valence-corrected chi connectivity index (χ2v) is 6.34. The number of carbonyl (C=O) groups is 2. The SMILES string of the molecule is CC(C)C#CC(N)C(=O)OCC(C)(C)C(=O)SCCO. The minimum atomic E-state index is -0.992. The van der Waals surface area contributed by atoms with Crippen molar-refractivity contribution in [3.8, 4) is 11.8 Å². The van der Waals surface area contributed by atoms with Gasteiger partial charge >= 0.3 is 5.97 Å². The predicted octanol–water partition coefficient (Wildman–Crippen LogP) is 0.795. The van der Waals surface area contributed by atoms with E-state index in [1.165, 1.54) is 0 Å². The molecule has 0 fully saturated rings. The predicted molar refractivity (Wildman–Crippen MR) is 79.9 cm³/mol. The van der Waals surface area contributed by atoms with Crippen LogP contribution in [0.3, 0.4) is 0 Å². The first-order chi connectivity index (χ1) is 9.20. The van der Waals surface area contributed by atoms with E-state index >= 15 is 0 Å². The summed E-state index contributed by atoms with van der Waals surface area (Å²) in [6.45, 7) is 7.02. The van der Waals surface area contributed by atoms with Gasteiger partial charge in [-0.1, -0.05) is 37.5 Å². The van der Waals surface area contributed by atoms with Gasteiger partial charge in [-0.15, -0.1) is 0 Å². The normalized spacial score (nSPS) is 12.6. The second-order valence-electron chi connectivity index (χ2n) is 5.27. The van der Waals surface area contributed by atoms with Crippen molar-refractivity contribution in [3.05, 3.63) is 0 Å². The van der Waals surface area contributed by atoms with E-state index in [9.17, 15) is 9.59 Å². The van der Waals surface area contributed by atoms with Gasteiger partial charge in [-0.25, -0.2) is 4.79 Å². The van der Waals surface area contributed by atoms with Crippen LogP contribution in [0.1, 0.15) is 27.7 Å². The third-order valence-corrected chi connectivity index (χ3v) is 3.44. The van der Waals surface area contributed by atoms with Crippen molar-refractivity contribution in [3.63, 3.8) is 0 Å². The summed E-state index contributed by atoms with van der Waals surface area (Å²) in [5.74, 6) is 5.23. The van der Waals surface area contributed by atoms with Gasteiger partial charge in [-0.3, -0.25) is 4.79 Å². The summed E-state index contributed by atoms with van der Waals surface area (Å²) in [4.78, 5) is 23.5. The van der Waals surface area contributed by atoms with Crippen LogP contribution in [0, 0.1) is 23.2 Å². The van der Waals surface area contributed by atoms with E-state index in [0.29, 0.717) is 5.75 Å². The van der Waals surface area contributed by atoms with Gasteiger partial charge in [0.05, 0.1) is 12.0 Å². The topological polar surface area (TPSA) is 89.6 Å². The molecule has 1 atom stereocenters. The first-order valence-electron chi connectivity index (χ1n) is 6.42. The van der Waals surface area contributed by atoms with E-state index in [4.69, 9.17) is 15.6 Å². The molecule has 0 aliphatic heterocycles. The molecule has 0 heterocycles. The number of aliphatic hydroxyl groups is 1. The number of aliphatic hydroxyl groups excluding tert-OH is 1. The zero-order chi connectivity index (χ0) is 15.8. The molecule has 0 amide bonds. The van der Waals surface area contributed by atoms with Gasteiger partial charge in [0.15, 0.2) is 11.2 Å². The Hall–Kier alpha value is -1.03. The summed E-state index contributed by atoms with van der Waals surface area (Å²) in [6, 6.07) is -0.992. The molecule has 0 aromatic heterocycles. The van der Waals surface area contributed by atoms with Gasteiger partial charge in [0.25, 0.3) is 0 Å². The van der Waals surface area contributed by atoms with Crippen LogP contribution in [0.15, 0.2) is 0 Å². The molecule has 1 unspecified atom stereocenters. The Morgan fingerprint density at radius 1 is 1.35 bits per heavy atom. The summed E-state index contributed by atoms with van der Waals surface area (Å²) < 4.78 is 5.04. The van der Waals surface area contributed by atoms with E-state index in [2.05, 4.69) is 11.8 Å². The maximum atomic E-state index is 11.8. The molecule has 0 saturated heterocycles. The van der Waals surface area contributed by atoms with Crippen molar-refractivity contribution in [1.29, 1.82) is 0 Å². The van der Waals surface area contributed by atoms with Gasteiger partial charge in [-0.05, 0) is 13.8 Å². The third-order valence-electron chi connectivity index (χ3n) is 2.23. The van der Waals surface area contributed by atoms with Crippen molar-refractivity contribution in [2.24, 2.45) is 17.1 Å². The number of rotatable bonds is 6. The first kappa shape index (κ1) is 19.0. The van der Waals surface area contributed by atoms with Crippen molar-refractivity contribution in [2.45, 2.75) is 33.7 Å². The van der Waals surface area contributed by atoms with E-state index in [1.54, 1.807) is 13.8 Å². The average molecular weight is 301 g/mol. The Labute approximate surface area is 124 Å². The molecule has 0 spiro atoms. The van der Waals surface area contributed by atoms with Gasteiger partial charge in [0, 0.05) is 11.7 Å². The summed E-state index contributed by atoms with van der Waals surface area (Å²) in [5, 5.41) is 8.55. The number of hydrogen-bond acceptors (Lipinski definition) is 6. The van der Waals surface area contributed by atoms with Crippen molar-refractivity contribution >= 4 is 22.8 Å². The van der Waals surface area contributed by atoms with Crippen LogP contribution in [-0.2, 0) is 14.3 Å². The largest absolute Gasteiger partial charge is 0.463 e. The molecule has 0 rings (SSSR count). The fourth-order valence-corrected chi connectivity index (χ4v) is 1.78. The number of thioether (sulfide) groups is 1. The van der Waals surface area contributed by atoms with E-state index in [1.807, 2.05) is 13.8 Å². The van der Waals surface area contributed by atoms with Crippen LogP contribution in [-0.4, -0.2) is 41.2 Å². The summed E-state index contributed by atoms with van der Waals surface area (Å²) in [7, 11) is 0. The fourth-order valence-electron chi connectivity index (χ4n) is 1.05. The lowest BCUT2D eigenvalue weighted by Crippen LogP contribution is -2.35. The lowest BCUT2D eigenvalue weighted by atomic mass is 9.97. The van der Waals surface area contributed by atoms with Crippen LogP contribution >= 0.6 is 11.8 Å². The van der Waals surface area contributed by atoms with Gasteiger partial charge in [-0.2, -0.15) is 0 Å². The van der Waals surface area contributed by atoms with Gasteiger partial charge < -0.3 is 15.6 Å². The average Bonchev–Trinajstić information content (AvgIpc) is 2.39. The molecule has 0 aliphatic carbocycles. The van der Waals surface area contributed by atoms with Crippen LogP contribution in [0.4, 0.5) is 0 Å². The zero-order valence-corrected chi connectivity index (χ0v) is 13.3. The zero-order valence-electron chi connectivity index (χ0n) is 12.4. The van der Waals surface area contributed by atoms with Crippen LogP contribution < -0.4 is 5.73 Å². The van der Waals surface area contributed by atoms with Gasteiger partial charge in [0.1, 0.15) is 6.61 Å². The molecule has 0 aliphatic rings. The molecule has 114 valence electrons. The lowest BCUT2D eigenvalue weighted by molar-refractivity contribution is -0.147. The Bertz CT molecular complexity index is 396. The maximum Gasteiger partial charge on any atom is 0.335 e. The highest BCUT2D eigenvalue weighted by Crippen LogP contribution is 2.24. The van der Waals surface area contributed by atoms with Crippen LogP contribution in [0.25, 0.3) is 0 Å². The Morgan fingerprint density at radius 2 is 1.95 bits per heavy atom. The standard InChI is InChI=1S/C14H23NO4S/c1-10(2)5-6-11(15)12(17)19-9-14(3,4)13(18)20-8-7-16/h10-11,16H,7-9,15H2,1-4H3. The first-order valence-corrected chi connectivity index (χ1v) is 7.40. The highest BCUT2D eigenvalue weighted by molar-refractivity contribution is 8.13. The quantitative estimate of drug-likeness (QED) is 0.557. The van der Waals surface area contributed by atoms with E-state index in [-0.39, 0.29) is 24.2 Å². The lowest BCUT2D eigenvalue weighted by Gasteiger charge is -2.22. The molecule has 0 aromatic carbocycles. The third kappa shape index (κ3) is 7.53. The second kappa shape index (κ2) is 9.01. The van der Waals surface area contributed by atoms with Crippen molar-refractivity contribution in [2.75, 3.05) is 19.0 Å². The van der Waals surface area contributed by atoms with Crippen molar-refractivity contribution in [1.82, 2.24) is 0 Å². The highest BCUT2D eigenvalue weighted by Gasteiger charge is 2.30. The fraction of sp³-hybridized carbons (Fsp3) is 0.714. The molecular weight excluding hydrogens is 278 g/mol. The molecule has 0 saturated carbocycles. The molecule has 0 bridgehead atoms. The van der Waals surface area contributed by atoms with Crippen LogP contribution in [0.2, 0.25) is 0 Å². The number of carbonyl (C=O) groups excluding carboxylic acids is 2. The summed E-state index contributed by atoms with van der Waals surface area (Å²) in [5.41, 5.74) is 4.76. The molecule has 0 radical (unpaired) electrons. The van der Waals surface area contributed by atoms with Crippen LogP contribution in [0.5, 0.6) is 0 Å². The van der Waals surface area contributed by atoms with E-state index < -0.39 is 17.4 Å². The molecular formula is C14H23NO4S. The molecule has 3 N–H and O–H groups in total. The van der Waals surface area contributed by atoms with E-state index in [0.717, 1.165) is 11.8 Å². The van der Waals surface area contributed by atoms with Crippen molar-refractivity contribution < 1.29 is 19.4 Å². The number of nitrogens with two attached hydrogens (primary N) is 1. The molecule has 20 heavy (non-hydrogen) atoms. The Kier molecular flexibility index (Phi) is 8.54. The molecule has 5 nitrogen and oxygen atoms in total. The summed E-state index contributed by atoms with van der Waals surface area (Å²) >= 11 is 1.02. The minimum absolute atomic E-state index is 0.0554. The Morgan fingerprint density at radius 3 is 2.45 bits per heavy atom. The monoisotopic (exact) mass is 301 g/mol. The number of ether oxygens (including phenoxy) is 1. The molecule has 0 aromatic rings. The maximum absolute atomic E-state index is 11.8. The Balaban J connectivity index is 4.36. The summed E-state index contributed by atoms with van der Waals surface area (Å²) in [6.07, 6.45) is 0. The number of hydrogen-bond donors (Lipinski definition) is 2. The minimum Gasteiger partial charge on any atom is -0.463 e. The molecule has 6 heteroatoms. The van der Waals surface area contributed by atoms with Gasteiger partial charge in [0.2, 0.25) is 0 Å². The number of esters is 1. The highest BCUT2D eigenvalue weighted by atomic mass is 32.2. The smallest absolute Gasteiger partial charge is 0.335 e.